The Morgan fingerprint density at radius 2 is 0.879 bits per heavy atom. The zero-order valence-corrected chi connectivity index (χ0v) is 33.6. The molecule has 0 unspecified atom stereocenters. The molecule has 0 radical (unpaired) electrons. The van der Waals surface area contributed by atoms with E-state index in [1.165, 1.54) is 62.7 Å². The molecule has 0 saturated heterocycles. The van der Waals surface area contributed by atoms with E-state index in [0.29, 0.717) is 0 Å². The van der Waals surface area contributed by atoms with Gasteiger partial charge in [0.1, 0.15) is 0 Å². The fourth-order valence-corrected chi connectivity index (χ4v) is 15.2. The second-order valence-electron chi connectivity index (χ2n) is 14.9. The second-order valence-corrected chi connectivity index (χ2v) is 19.8. The highest BCUT2D eigenvalue weighted by molar-refractivity contribution is 7.25. The Kier molecular flexibility index (Phi) is 8.39. The first kappa shape index (κ1) is 34.3. The summed E-state index contributed by atoms with van der Waals surface area (Å²) >= 11 is 1.87. The van der Waals surface area contributed by atoms with Gasteiger partial charge in [-0.3, -0.25) is 0 Å². The lowest BCUT2D eigenvalue weighted by Crippen LogP contribution is -2.74. The van der Waals surface area contributed by atoms with Crippen molar-refractivity contribution in [2.75, 3.05) is 4.90 Å². The number of rotatable bonds is 8. The molecule has 2 nitrogen and oxygen atoms in total. The molecule has 11 rings (SSSR count). The van der Waals surface area contributed by atoms with Gasteiger partial charge in [0.15, 0.2) is 8.07 Å². The summed E-state index contributed by atoms with van der Waals surface area (Å²) in [6.45, 7) is 0. The van der Waals surface area contributed by atoms with Crippen LogP contribution < -0.4 is 25.6 Å². The Bertz CT molecular complexity index is 3130. The van der Waals surface area contributed by atoms with E-state index in [-0.39, 0.29) is 0 Å². The largest absolute Gasteiger partial charge is 0.310 e. The van der Waals surface area contributed by atoms with Gasteiger partial charge in [0, 0.05) is 48.0 Å². The highest BCUT2D eigenvalue weighted by Gasteiger charge is 2.41. The van der Waals surface area contributed by atoms with Crippen molar-refractivity contribution in [1.82, 2.24) is 4.57 Å². The van der Waals surface area contributed by atoms with E-state index in [2.05, 4.69) is 240 Å². The van der Waals surface area contributed by atoms with E-state index in [9.17, 15) is 0 Å². The second kappa shape index (κ2) is 14.2. The van der Waals surface area contributed by atoms with E-state index in [1.807, 2.05) is 11.3 Å². The van der Waals surface area contributed by atoms with Crippen molar-refractivity contribution in [3.8, 4) is 5.69 Å². The molecular weight excluding hydrogens is 737 g/mol. The third-order valence-corrected chi connectivity index (χ3v) is 17.6. The molecule has 0 fully saturated rings. The summed E-state index contributed by atoms with van der Waals surface area (Å²) in [6, 6.07) is 85.3. The third-order valence-electron chi connectivity index (χ3n) is 11.7. The predicted molar refractivity (Wildman–Crippen MR) is 252 cm³/mol. The van der Waals surface area contributed by atoms with Gasteiger partial charge >= 0.3 is 0 Å². The molecule has 0 bridgehead atoms. The molecule has 274 valence electrons. The molecule has 4 heteroatoms. The monoisotopic (exact) mass is 774 g/mol. The quantitative estimate of drug-likeness (QED) is 0.110. The SMILES string of the molecule is c1ccc(-n2c3ccccc3c3c(N(c4cccc([Si](c5ccccc5)(c5ccccc5)c5ccccc5)c4)c4ccc5c(c4)sc4ccccc45)cccc32)cc1. The van der Waals surface area contributed by atoms with Crippen LogP contribution in [0.5, 0.6) is 0 Å². The molecular formula is C54H38N2SSi. The maximum atomic E-state index is 2.51. The number of hydrogen-bond donors (Lipinski definition) is 0. The lowest BCUT2D eigenvalue weighted by molar-refractivity contribution is 1.18. The number of nitrogens with zero attached hydrogens (tertiary/aromatic N) is 2. The molecule has 58 heavy (non-hydrogen) atoms. The van der Waals surface area contributed by atoms with Gasteiger partial charge in [0.05, 0.1) is 16.7 Å². The van der Waals surface area contributed by atoms with E-state index < -0.39 is 8.07 Å². The van der Waals surface area contributed by atoms with Crippen LogP contribution in [0.1, 0.15) is 0 Å². The smallest absolute Gasteiger partial charge is 0.179 e. The van der Waals surface area contributed by atoms with Crippen LogP contribution in [0.15, 0.2) is 231 Å². The molecule has 2 heterocycles. The molecule has 0 saturated carbocycles. The van der Waals surface area contributed by atoms with Crippen molar-refractivity contribution in [2.45, 2.75) is 0 Å². The van der Waals surface area contributed by atoms with Gasteiger partial charge in [-0.15, -0.1) is 11.3 Å². The normalized spacial score (nSPS) is 11.8. The first-order valence-corrected chi connectivity index (χ1v) is 22.7. The van der Waals surface area contributed by atoms with E-state index >= 15 is 0 Å². The number of hydrogen-bond acceptors (Lipinski definition) is 2. The number of aromatic nitrogens is 1. The van der Waals surface area contributed by atoms with Crippen molar-refractivity contribution in [3.63, 3.8) is 0 Å². The lowest BCUT2D eigenvalue weighted by atomic mass is 10.1. The van der Waals surface area contributed by atoms with Crippen LogP contribution in [0.3, 0.4) is 0 Å². The fraction of sp³-hybridized carbons (Fsp3) is 0. The molecule has 0 atom stereocenters. The highest BCUT2D eigenvalue weighted by Crippen LogP contribution is 2.45. The number of para-hydroxylation sites is 2. The van der Waals surface area contributed by atoms with Gasteiger partial charge in [-0.2, -0.15) is 0 Å². The maximum absolute atomic E-state index is 2.81. The minimum absolute atomic E-state index is 1.13. The molecule has 0 aliphatic carbocycles. The van der Waals surface area contributed by atoms with Crippen LogP contribution in [0.25, 0.3) is 47.7 Å². The molecule has 0 aliphatic heterocycles. The Labute approximate surface area is 343 Å². The summed E-state index contributed by atoms with van der Waals surface area (Å²) in [6.07, 6.45) is 0. The Hall–Kier alpha value is -6.98. The molecule has 9 aromatic carbocycles. The topological polar surface area (TPSA) is 8.17 Å². The van der Waals surface area contributed by atoms with Gasteiger partial charge in [0.2, 0.25) is 0 Å². The summed E-state index contributed by atoms with van der Waals surface area (Å²) in [5, 5.41) is 10.5. The molecule has 0 spiro atoms. The number of benzene rings is 9. The Morgan fingerprint density at radius 1 is 0.362 bits per heavy atom. The number of fused-ring (bicyclic) bond motifs is 6. The van der Waals surface area contributed by atoms with Crippen molar-refractivity contribution in [1.29, 1.82) is 0 Å². The molecule has 0 N–H and O–H groups in total. The summed E-state index contributed by atoms with van der Waals surface area (Å²) in [4.78, 5) is 2.51. The van der Waals surface area contributed by atoms with E-state index in [1.54, 1.807) is 0 Å². The van der Waals surface area contributed by atoms with E-state index in [0.717, 1.165) is 22.7 Å². The minimum atomic E-state index is -2.81. The standard InChI is InChI=1S/C54H38N2SSi/c1-5-19-39(20-6-1)56-49-31-15-13-30-48(49)54-50(32-18-33-51(54)56)55(41-35-36-47-46-29-14-16-34-52(46)57-53(47)38-41)40-21-17-28-45(37-40)58(42-22-7-2-8-23-42,43-24-9-3-10-25-43)44-26-11-4-12-27-44/h1-38H. The number of anilines is 3. The third kappa shape index (κ3) is 5.45. The van der Waals surface area contributed by atoms with Crippen molar-refractivity contribution in [2.24, 2.45) is 0 Å². The van der Waals surface area contributed by atoms with Gasteiger partial charge in [-0.1, -0.05) is 170 Å². The average molecular weight is 775 g/mol. The molecule has 0 amide bonds. The summed E-state index contributed by atoms with van der Waals surface area (Å²) in [5.41, 5.74) is 6.92. The average Bonchev–Trinajstić information content (AvgIpc) is 3.84. The summed E-state index contributed by atoms with van der Waals surface area (Å²) < 4.78 is 5.00. The van der Waals surface area contributed by atoms with Crippen LogP contribution in [0.4, 0.5) is 17.1 Å². The number of thiophene rings is 1. The zero-order valence-electron chi connectivity index (χ0n) is 31.7. The lowest BCUT2D eigenvalue weighted by Gasteiger charge is -2.35. The van der Waals surface area contributed by atoms with Gasteiger partial charge in [-0.25, -0.2) is 0 Å². The van der Waals surface area contributed by atoms with Crippen molar-refractivity contribution >= 4 is 99.2 Å². The van der Waals surface area contributed by atoms with Crippen LogP contribution >= 0.6 is 11.3 Å². The fourth-order valence-electron chi connectivity index (χ4n) is 9.27. The molecule has 0 aliphatic rings. The van der Waals surface area contributed by atoms with Crippen LogP contribution in [0, 0.1) is 0 Å². The summed E-state index contributed by atoms with van der Waals surface area (Å²) in [7, 11) is -2.81. The van der Waals surface area contributed by atoms with E-state index in [4.69, 9.17) is 0 Å². The van der Waals surface area contributed by atoms with Crippen molar-refractivity contribution < 1.29 is 0 Å². The molecule has 2 aromatic heterocycles. The van der Waals surface area contributed by atoms with Gasteiger partial charge in [0.25, 0.3) is 0 Å². The first-order chi connectivity index (χ1) is 28.8. The minimum Gasteiger partial charge on any atom is -0.310 e. The Morgan fingerprint density at radius 3 is 1.57 bits per heavy atom. The van der Waals surface area contributed by atoms with Crippen LogP contribution in [-0.2, 0) is 0 Å². The van der Waals surface area contributed by atoms with Crippen LogP contribution in [-0.4, -0.2) is 12.6 Å². The Balaban J connectivity index is 1.22. The first-order valence-electron chi connectivity index (χ1n) is 19.9. The van der Waals surface area contributed by atoms with Gasteiger partial charge < -0.3 is 9.47 Å². The zero-order chi connectivity index (χ0) is 38.5. The predicted octanol–water partition coefficient (Wildman–Crippen LogP) is 12.0. The van der Waals surface area contributed by atoms with Gasteiger partial charge in [-0.05, 0) is 81.4 Å². The molecule has 11 aromatic rings. The van der Waals surface area contributed by atoms with Crippen molar-refractivity contribution in [3.05, 3.63) is 231 Å². The van der Waals surface area contributed by atoms with Crippen LogP contribution in [0.2, 0.25) is 0 Å². The maximum Gasteiger partial charge on any atom is 0.179 e. The highest BCUT2D eigenvalue weighted by atomic mass is 32.1. The summed E-state index contributed by atoms with van der Waals surface area (Å²) in [5.74, 6) is 0.